The Labute approximate surface area is 151 Å². The molecule has 134 valence electrons. The van der Waals surface area contributed by atoms with E-state index in [0.29, 0.717) is 18.8 Å². The minimum atomic E-state index is -0.389. The van der Waals surface area contributed by atoms with Crippen molar-refractivity contribution in [1.82, 2.24) is 4.90 Å². The van der Waals surface area contributed by atoms with Gasteiger partial charge < -0.3 is 20.1 Å². The van der Waals surface area contributed by atoms with Crippen molar-refractivity contribution in [2.75, 3.05) is 11.9 Å². The third kappa shape index (κ3) is 3.54. The van der Waals surface area contributed by atoms with Gasteiger partial charge in [0, 0.05) is 11.3 Å². The van der Waals surface area contributed by atoms with Gasteiger partial charge in [-0.2, -0.15) is 0 Å². The van der Waals surface area contributed by atoms with E-state index in [2.05, 4.69) is 11.9 Å². The van der Waals surface area contributed by atoms with E-state index in [0.717, 1.165) is 17.4 Å². The molecule has 2 aromatic rings. The van der Waals surface area contributed by atoms with Gasteiger partial charge in [-0.1, -0.05) is 24.8 Å². The second kappa shape index (κ2) is 7.31. The molecule has 1 aliphatic heterocycles. The van der Waals surface area contributed by atoms with Crippen molar-refractivity contribution in [3.05, 3.63) is 66.2 Å². The van der Waals surface area contributed by atoms with Gasteiger partial charge in [-0.05, 0) is 37.3 Å². The highest BCUT2D eigenvalue weighted by atomic mass is 16.5. The molecule has 2 aromatic carbocycles. The molecule has 6 heteroatoms. The highest BCUT2D eigenvalue weighted by molar-refractivity contribution is 6.02. The molecular formula is C20H20N2O4. The second-order valence-electron chi connectivity index (χ2n) is 6.13. The summed E-state index contributed by atoms with van der Waals surface area (Å²) in [6.07, 6.45) is 1.14. The lowest BCUT2D eigenvalue weighted by atomic mass is 10.1. The third-order valence-corrected chi connectivity index (χ3v) is 4.27. The van der Waals surface area contributed by atoms with Crippen molar-refractivity contribution in [3.8, 4) is 11.5 Å². The summed E-state index contributed by atoms with van der Waals surface area (Å²) in [7, 11) is 0. The molecule has 2 N–H and O–H groups in total. The number of carbonyl (C=O) groups is 2. The molecule has 0 radical (unpaired) electrons. The van der Waals surface area contributed by atoms with Gasteiger partial charge in [-0.3, -0.25) is 9.59 Å². The summed E-state index contributed by atoms with van der Waals surface area (Å²) < 4.78 is 5.77. The number of para-hydroxylation sites is 1. The first-order valence-corrected chi connectivity index (χ1v) is 8.27. The number of hydrogen-bond acceptors (Lipinski definition) is 4. The normalized spacial score (nSPS) is 16.0. The zero-order chi connectivity index (χ0) is 18.7. The number of phenolic OH excluding ortho intramolecular Hbond substituents is 1. The van der Waals surface area contributed by atoms with Crippen LogP contribution >= 0.6 is 0 Å². The SMILES string of the molecule is C=CC(=O)Nc1ccc(O)c(C(=O)N2Cc3ccccc3OCC2C)c1. The van der Waals surface area contributed by atoms with Crippen molar-refractivity contribution in [3.63, 3.8) is 0 Å². The Balaban J connectivity index is 1.91. The molecule has 1 heterocycles. The molecule has 0 fully saturated rings. The maximum Gasteiger partial charge on any atom is 0.258 e. The molecule has 0 aromatic heterocycles. The Kier molecular flexibility index (Phi) is 4.93. The number of nitrogens with one attached hydrogen (secondary N) is 1. The molecule has 0 bridgehead atoms. The van der Waals surface area contributed by atoms with Crippen LogP contribution in [0.3, 0.4) is 0 Å². The van der Waals surface area contributed by atoms with E-state index in [1.165, 1.54) is 18.2 Å². The standard InChI is InChI=1S/C20H20N2O4/c1-3-19(24)21-15-8-9-17(23)16(10-15)20(25)22-11-14-6-4-5-7-18(14)26-12-13(22)2/h3-10,13,23H,1,11-12H2,2H3,(H,21,24). The Morgan fingerprint density at radius 2 is 2.08 bits per heavy atom. The number of amides is 2. The lowest BCUT2D eigenvalue weighted by Gasteiger charge is -2.27. The molecule has 1 aliphatic rings. The number of phenols is 1. The van der Waals surface area contributed by atoms with Gasteiger partial charge in [0.15, 0.2) is 0 Å². The van der Waals surface area contributed by atoms with Crippen LogP contribution in [0.15, 0.2) is 55.1 Å². The Morgan fingerprint density at radius 3 is 2.85 bits per heavy atom. The van der Waals surface area contributed by atoms with Crippen LogP contribution < -0.4 is 10.1 Å². The summed E-state index contributed by atoms with van der Waals surface area (Å²) in [6.45, 7) is 6.02. The molecule has 0 saturated heterocycles. The fourth-order valence-corrected chi connectivity index (χ4v) is 2.82. The van der Waals surface area contributed by atoms with Gasteiger partial charge in [0.05, 0.1) is 18.2 Å². The quantitative estimate of drug-likeness (QED) is 0.658. The monoisotopic (exact) mass is 352 g/mol. The number of carbonyl (C=O) groups excluding carboxylic acids is 2. The fraction of sp³-hybridized carbons (Fsp3) is 0.200. The number of aromatic hydroxyl groups is 1. The van der Waals surface area contributed by atoms with Crippen LogP contribution in [0.1, 0.15) is 22.8 Å². The molecule has 0 saturated carbocycles. The highest BCUT2D eigenvalue weighted by Crippen LogP contribution is 2.29. The van der Waals surface area contributed by atoms with E-state index in [1.807, 2.05) is 31.2 Å². The van der Waals surface area contributed by atoms with Crippen LogP contribution in [0.4, 0.5) is 5.69 Å². The molecule has 1 unspecified atom stereocenters. The molecule has 2 amide bonds. The van der Waals surface area contributed by atoms with Gasteiger partial charge in [0.25, 0.3) is 5.91 Å². The molecular weight excluding hydrogens is 332 g/mol. The van der Waals surface area contributed by atoms with E-state index >= 15 is 0 Å². The summed E-state index contributed by atoms with van der Waals surface area (Å²) in [4.78, 5) is 26.2. The Hall–Kier alpha value is -3.28. The third-order valence-electron chi connectivity index (χ3n) is 4.27. The molecule has 0 aliphatic carbocycles. The minimum absolute atomic E-state index is 0.123. The summed E-state index contributed by atoms with van der Waals surface area (Å²) in [5.41, 5.74) is 1.44. The largest absolute Gasteiger partial charge is 0.507 e. The Bertz CT molecular complexity index is 863. The maximum atomic E-state index is 13.1. The van der Waals surface area contributed by atoms with Crippen LogP contribution in [0.5, 0.6) is 11.5 Å². The Morgan fingerprint density at radius 1 is 1.31 bits per heavy atom. The first-order valence-electron chi connectivity index (χ1n) is 8.27. The summed E-state index contributed by atoms with van der Waals surface area (Å²) >= 11 is 0. The van der Waals surface area contributed by atoms with Gasteiger partial charge in [-0.25, -0.2) is 0 Å². The van der Waals surface area contributed by atoms with Crippen molar-refractivity contribution >= 4 is 17.5 Å². The van der Waals surface area contributed by atoms with Crippen molar-refractivity contribution in [2.24, 2.45) is 0 Å². The number of rotatable bonds is 3. The van der Waals surface area contributed by atoms with E-state index in [4.69, 9.17) is 4.74 Å². The summed E-state index contributed by atoms with van der Waals surface area (Å²) in [5, 5.41) is 12.8. The fourth-order valence-electron chi connectivity index (χ4n) is 2.82. The van der Waals surface area contributed by atoms with E-state index in [1.54, 1.807) is 4.90 Å². The zero-order valence-electron chi connectivity index (χ0n) is 14.4. The number of anilines is 1. The number of benzene rings is 2. The van der Waals surface area contributed by atoms with Crippen molar-refractivity contribution in [2.45, 2.75) is 19.5 Å². The molecule has 26 heavy (non-hydrogen) atoms. The predicted molar refractivity (Wildman–Crippen MR) is 98.2 cm³/mol. The maximum absolute atomic E-state index is 13.1. The zero-order valence-corrected chi connectivity index (χ0v) is 14.4. The molecule has 3 rings (SSSR count). The number of ether oxygens (including phenoxy) is 1. The van der Waals surface area contributed by atoms with Gasteiger partial charge >= 0.3 is 0 Å². The topological polar surface area (TPSA) is 78.9 Å². The first-order chi connectivity index (χ1) is 12.5. The summed E-state index contributed by atoms with van der Waals surface area (Å²) in [5.74, 6) is -0.104. The number of hydrogen-bond donors (Lipinski definition) is 2. The van der Waals surface area contributed by atoms with Crippen molar-refractivity contribution < 1.29 is 19.4 Å². The minimum Gasteiger partial charge on any atom is -0.507 e. The van der Waals surface area contributed by atoms with Crippen LogP contribution in [-0.2, 0) is 11.3 Å². The molecule has 6 nitrogen and oxygen atoms in total. The van der Waals surface area contributed by atoms with Crippen LogP contribution in [0, 0.1) is 0 Å². The van der Waals surface area contributed by atoms with Gasteiger partial charge in [0.1, 0.15) is 18.1 Å². The number of fused-ring (bicyclic) bond motifs is 1. The van der Waals surface area contributed by atoms with Crippen LogP contribution in [-0.4, -0.2) is 34.5 Å². The predicted octanol–water partition coefficient (Wildman–Crippen LogP) is 2.94. The summed E-state index contributed by atoms with van der Waals surface area (Å²) in [6, 6.07) is 11.8. The smallest absolute Gasteiger partial charge is 0.258 e. The van der Waals surface area contributed by atoms with E-state index in [9.17, 15) is 14.7 Å². The van der Waals surface area contributed by atoms with Gasteiger partial charge in [-0.15, -0.1) is 0 Å². The second-order valence-corrected chi connectivity index (χ2v) is 6.13. The van der Waals surface area contributed by atoms with E-state index < -0.39 is 0 Å². The molecule has 0 spiro atoms. The van der Waals surface area contributed by atoms with E-state index in [-0.39, 0.29) is 29.2 Å². The van der Waals surface area contributed by atoms with Crippen LogP contribution in [0.25, 0.3) is 0 Å². The first kappa shape index (κ1) is 17.5. The van der Waals surface area contributed by atoms with Gasteiger partial charge in [0.2, 0.25) is 5.91 Å². The van der Waals surface area contributed by atoms with Crippen molar-refractivity contribution in [1.29, 1.82) is 0 Å². The van der Waals surface area contributed by atoms with Crippen LogP contribution in [0.2, 0.25) is 0 Å². The highest BCUT2D eigenvalue weighted by Gasteiger charge is 2.28. The average Bonchev–Trinajstić information content (AvgIpc) is 2.82. The lowest BCUT2D eigenvalue weighted by molar-refractivity contribution is -0.111. The lowest BCUT2D eigenvalue weighted by Crippen LogP contribution is -2.39. The molecule has 1 atom stereocenters. The average molecular weight is 352 g/mol. The number of nitrogens with zero attached hydrogens (tertiary/aromatic N) is 1.